The van der Waals surface area contributed by atoms with E-state index in [9.17, 15) is 4.79 Å². The first-order valence-electron chi connectivity index (χ1n) is 3.62. The number of hydrogen-bond donors (Lipinski definition) is 3. The van der Waals surface area contributed by atoms with E-state index in [2.05, 4.69) is 23.1 Å². The first-order valence-corrected chi connectivity index (χ1v) is 4.90. The minimum absolute atomic E-state index is 0.0156. The number of ether oxygens (including phenoxy) is 1. The molecular weight excluding hydrogens is 222 g/mol. The summed E-state index contributed by atoms with van der Waals surface area (Å²) in [5.41, 5.74) is 9.82. The van der Waals surface area contributed by atoms with Crippen LogP contribution in [0.15, 0.2) is 11.4 Å². The van der Waals surface area contributed by atoms with E-state index < -0.39 is 0 Å². The molecule has 0 spiro atoms. The van der Waals surface area contributed by atoms with Crippen molar-refractivity contribution < 1.29 is 9.53 Å². The molecule has 1 aromatic rings. The predicted molar refractivity (Wildman–Crippen MR) is 58.3 cm³/mol. The molecule has 4 N–H and O–H groups in total. The van der Waals surface area contributed by atoms with Crippen LogP contribution in [-0.4, -0.2) is 18.1 Å². The van der Waals surface area contributed by atoms with Crippen LogP contribution in [0.5, 0.6) is 5.75 Å². The maximum absolute atomic E-state index is 11.3. The Hall–Kier alpha value is -1.34. The number of nitrogens with two attached hydrogens (primary N) is 1. The van der Waals surface area contributed by atoms with Crippen LogP contribution in [0.1, 0.15) is 9.67 Å². The van der Waals surface area contributed by atoms with Crippen molar-refractivity contribution in [2.75, 3.05) is 7.11 Å². The molecule has 0 aliphatic heterocycles. The number of hydrogen-bond acceptors (Lipinski definition) is 4. The molecule has 7 heteroatoms. The van der Waals surface area contributed by atoms with Gasteiger partial charge in [-0.15, -0.1) is 11.3 Å². The van der Waals surface area contributed by atoms with Gasteiger partial charge in [-0.3, -0.25) is 15.6 Å². The molecule has 1 rings (SSSR count). The van der Waals surface area contributed by atoms with Crippen molar-refractivity contribution in [3.63, 3.8) is 0 Å². The standard InChI is InChI=1S/C7H9N3O2S2/c1-12-4-2-5(14-3-4)6(11)9-10-7(8)13/h2-3H,1H3,(H,9,11)(H3,8,10,13). The number of thiophene rings is 1. The van der Waals surface area contributed by atoms with Crippen LogP contribution in [0.2, 0.25) is 0 Å². The van der Waals surface area contributed by atoms with Gasteiger partial charge < -0.3 is 10.5 Å². The zero-order valence-electron chi connectivity index (χ0n) is 7.37. The second-order valence-electron chi connectivity index (χ2n) is 2.29. The fourth-order valence-corrected chi connectivity index (χ4v) is 1.53. The third-order valence-corrected chi connectivity index (χ3v) is 2.34. The summed E-state index contributed by atoms with van der Waals surface area (Å²) in [6.45, 7) is 0. The Labute approximate surface area is 90.2 Å². The van der Waals surface area contributed by atoms with E-state index in [0.717, 1.165) is 0 Å². The molecule has 5 nitrogen and oxygen atoms in total. The fraction of sp³-hybridized carbons (Fsp3) is 0.143. The Kier molecular flexibility index (Phi) is 3.66. The van der Waals surface area contributed by atoms with Gasteiger partial charge in [0.2, 0.25) is 0 Å². The van der Waals surface area contributed by atoms with Gasteiger partial charge in [0.05, 0.1) is 12.0 Å². The molecule has 1 aromatic heterocycles. The maximum atomic E-state index is 11.3. The van der Waals surface area contributed by atoms with Crippen molar-refractivity contribution in [1.29, 1.82) is 0 Å². The lowest BCUT2D eigenvalue weighted by atomic mass is 10.4. The first kappa shape index (κ1) is 10.7. The second kappa shape index (κ2) is 4.77. The summed E-state index contributed by atoms with van der Waals surface area (Å²) in [7, 11) is 1.54. The predicted octanol–water partition coefficient (Wildman–Crippen LogP) is 0.235. The number of nitrogens with one attached hydrogen (secondary N) is 2. The summed E-state index contributed by atoms with van der Waals surface area (Å²) in [4.78, 5) is 11.9. The van der Waals surface area contributed by atoms with Crippen LogP contribution in [0.25, 0.3) is 0 Å². The van der Waals surface area contributed by atoms with Gasteiger partial charge in [-0.25, -0.2) is 0 Å². The summed E-state index contributed by atoms with van der Waals surface area (Å²) < 4.78 is 4.93. The lowest BCUT2D eigenvalue weighted by Crippen LogP contribution is -2.44. The molecule has 0 aromatic carbocycles. The quantitative estimate of drug-likeness (QED) is 0.502. The molecule has 0 fully saturated rings. The average Bonchev–Trinajstić information content (AvgIpc) is 2.62. The highest BCUT2D eigenvalue weighted by molar-refractivity contribution is 7.80. The molecular formula is C7H9N3O2S2. The van der Waals surface area contributed by atoms with E-state index in [0.29, 0.717) is 10.6 Å². The summed E-state index contributed by atoms with van der Waals surface area (Å²) in [5, 5.41) is 1.75. The highest BCUT2D eigenvalue weighted by Gasteiger charge is 2.08. The van der Waals surface area contributed by atoms with Crippen molar-refractivity contribution in [1.82, 2.24) is 10.9 Å². The van der Waals surface area contributed by atoms with Crippen molar-refractivity contribution in [3.8, 4) is 5.75 Å². The monoisotopic (exact) mass is 231 g/mol. The van der Waals surface area contributed by atoms with E-state index >= 15 is 0 Å². The molecule has 0 atom stereocenters. The van der Waals surface area contributed by atoms with E-state index in [1.54, 1.807) is 11.4 Å². The molecule has 0 aliphatic rings. The maximum Gasteiger partial charge on any atom is 0.279 e. The van der Waals surface area contributed by atoms with Gasteiger partial charge in [0.15, 0.2) is 5.11 Å². The van der Waals surface area contributed by atoms with Gasteiger partial charge >= 0.3 is 0 Å². The largest absolute Gasteiger partial charge is 0.496 e. The highest BCUT2D eigenvalue weighted by Crippen LogP contribution is 2.20. The lowest BCUT2D eigenvalue weighted by Gasteiger charge is -2.03. The van der Waals surface area contributed by atoms with E-state index in [1.165, 1.54) is 18.4 Å². The summed E-state index contributed by atoms with van der Waals surface area (Å²) >= 11 is 5.80. The molecule has 0 saturated heterocycles. The van der Waals surface area contributed by atoms with Crippen molar-refractivity contribution in [2.24, 2.45) is 5.73 Å². The smallest absolute Gasteiger partial charge is 0.279 e. The molecule has 1 heterocycles. The Morgan fingerprint density at radius 3 is 2.86 bits per heavy atom. The Bertz CT molecular complexity index is 350. The van der Waals surface area contributed by atoms with Crippen LogP contribution in [0, 0.1) is 0 Å². The number of amides is 1. The third kappa shape index (κ3) is 2.86. The number of rotatable bonds is 2. The average molecular weight is 231 g/mol. The highest BCUT2D eigenvalue weighted by atomic mass is 32.1. The Morgan fingerprint density at radius 1 is 1.64 bits per heavy atom. The van der Waals surface area contributed by atoms with Crippen molar-refractivity contribution in [2.45, 2.75) is 0 Å². The van der Waals surface area contributed by atoms with Crippen LogP contribution in [0.3, 0.4) is 0 Å². The Balaban J connectivity index is 2.56. The molecule has 14 heavy (non-hydrogen) atoms. The minimum atomic E-state index is -0.300. The molecule has 0 radical (unpaired) electrons. The first-order chi connectivity index (χ1) is 6.63. The van der Waals surface area contributed by atoms with Gasteiger partial charge in [-0.2, -0.15) is 0 Å². The van der Waals surface area contributed by atoms with E-state index in [-0.39, 0.29) is 11.0 Å². The molecule has 0 unspecified atom stereocenters. The number of carbonyl (C=O) groups is 1. The third-order valence-electron chi connectivity index (χ3n) is 1.33. The zero-order chi connectivity index (χ0) is 10.6. The van der Waals surface area contributed by atoms with Crippen molar-refractivity contribution >= 4 is 34.6 Å². The SMILES string of the molecule is COc1csc(C(=O)NNC(N)=S)c1. The number of methoxy groups -OCH3 is 1. The fourth-order valence-electron chi connectivity index (χ4n) is 0.725. The summed E-state index contributed by atoms with van der Waals surface area (Å²) in [5.74, 6) is 0.349. The van der Waals surface area contributed by atoms with E-state index in [1.807, 2.05) is 0 Å². The molecule has 76 valence electrons. The van der Waals surface area contributed by atoms with Crippen LogP contribution < -0.4 is 21.3 Å². The van der Waals surface area contributed by atoms with E-state index in [4.69, 9.17) is 10.5 Å². The molecule has 0 aliphatic carbocycles. The summed E-state index contributed by atoms with van der Waals surface area (Å²) in [6, 6.07) is 1.63. The van der Waals surface area contributed by atoms with Gasteiger partial charge in [0, 0.05) is 11.4 Å². The lowest BCUT2D eigenvalue weighted by molar-refractivity contribution is 0.0948. The van der Waals surface area contributed by atoms with Gasteiger partial charge in [-0.1, -0.05) is 0 Å². The zero-order valence-corrected chi connectivity index (χ0v) is 9.00. The number of thiocarbonyl (C=S) groups is 1. The molecule has 0 saturated carbocycles. The van der Waals surface area contributed by atoms with Crippen LogP contribution in [-0.2, 0) is 0 Å². The van der Waals surface area contributed by atoms with Gasteiger partial charge in [-0.05, 0) is 12.2 Å². The minimum Gasteiger partial charge on any atom is -0.496 e. The van der Waals surface area contributed by atoms with Crippen LogP contribution in [0.4, 0.5) is 0 Å². The summed E-state index contributed by atoms with van der Waals surface area (Å²) in [6.07, 6.45) is 0. The van der Waals surface area contributed by atoms with Crippen LogP contribution >= 0.6 is 23.6 Å². The van der Waals surface area contributed by atoms with Gasteiger partial charge in [0.1, 0.15) is 5.75 Å². The molecule has 1 amide bonds. The topological polar surface area (TPSA) is 76.4 Å². The number of carbonyl (C=O) groups excluding carboxylic acids is 1. The molecule has 0 bridgehead atoms. The normalized spacial score (nSPS) is 9.21. The second-order valence-corrected chi connectivity index (χ2v) is 3.65. The number of hydrazine groups is 1. The van der Waals surface area contributed by atoms with Crippen molar-refractivity contribution in [3.05, 3.63) is 16.3 Å². The Morgan fingerprint density at radius 2 is 2.36 bits per heavy atom. The van der Waals surface area contributed by atoms with Gasteiger partial charge in [0.25, 0.3) is 5.91 Å².